The van der Waals surface area contributed by atoms with E-state index in [1.807, 2.05) is 6.07 Å². The van der Waals surface area contributed by atoms with Gasteiger partial charge in [-0.25, -0.2) is 18.4 Å². The van der Waals surface area contributed by atoms with E-state index < -0.39 is 17.8 Å². The minimum Gasteiger partial charge on any atom is -0.360 e. The van der Waals surface area contributed by atoms with Gasteiger partial charge in [-0.05, 0) is 54.1 Å². The van der Waals surface area contributed by atoms with Gasteiger partial charge in [-0.3, -0.25) is 9.69 Å². The molecule has 1 aliphatic heterocycles. The Balaban J connectivity index is 1.62. The molecular weight excluding hydrogens is 388 g/mol. The second kappa shape index (κ2) is 7.07. The van der Waals surface area contributed by atoms with Crippen LogP contribution in [-0.4, -0.2) is 20.7 Å². The number of rotatable bonds is 3. The fourth-order valence-corrected chi connectivity index (χ4v) is 3.57. The second-order valence-electron chi connectivity index (χ2n) is 6.79. The molecule has 2 heterocycles. The van der Waals surface area contributed by atoms with E-state index in [4.69, 9.17) is 0 Å². The van der Waals surface area contributed by atoms with Crippen LogP contribution in [0.2, 0.25) is 0 Å². The molecule has 1 aliphatic rings. The summed E-state index contributed by atoms with van der Waals surface area (Å²) >= 11 is 0. The summed E-state index contributed by atoms with van der Waals surface area (Å²) in [4.78, 5) is 18.6. The van der Waals surface area contributed by atoms with Gasteiger partial charge in [0.25, 0.3) is 5.91 Å². The van der Waals surface area contributed by atoms with Crippen molar-refractivity contribution in [3.63, 3.8) is 0 Å². The lowest BCUT2D eigenvalue weighted by molar-refractivity contribution is 0.0975. The van der Waals surface area contributed by atoms with Crippen LogP contribution in [0, 0.1) is 11.6 Å². The SMILES string of the molecule is O=C1c2ccccc2N[C@@H](c2ccc(-n3cncn3)c(F)c2)N1c1ccc(F)cc1. The topological polar surface area (TPSA) is 63.1 Å². The van der Waals surface area contributed by atoms with Gasteiger partial charge >= 0.3 is 0 Å². The first-order chi connectivity index (χ1) is 14.6. The van der Waals surface area contributed by atoms with Gasteiger partial charge in [-0.1, -0.05) is 18.2 Å². The summed E-state index contributed by atoms with van der Waals surface area (Å²) in [7, 11) is 0. The summed E-state index contributed by atoms with van der Waals surface area (Å²) in [6, 6.07) is 17.4. The molecule has 1 amide bonds. The number of nitrogens with one attached hydrogen (secondary N) is 1. The number of carbonyl (C=O) groups is 1. The maximum Gasteiger partial charge on any atom is 0.262 e. The molecule has 0 unspecified atom stereocenters. The van der Waals surface area contributed by atoms with Crippen molar-refractivity contribution in [3.05, 3.63) is 102 Å². The molecule has 0 saturated heterocycles. The summed E-state index contributed by atoms with van der Waals surface area (Å²) < 4.78 is 29.7. The maximum absolute atomic E-state index is 14.9. The molecule has 1 atom stereocenters. The Bertz CT molecular complexity index is 1220. The van der Waals surface area contributed by atoms with Gasteiger partial charge in [0, 0.05) is 11.4 Å². The van der Waals surface area contributed by atoms with Crippen molar-refractivity contribution in [1.29, 1.82) is 0 Å². The molecule has 6 nitrogen and oxygen atoms in total. The Labute approximate surface area is 170 Å². The first-order valence-electron chi connectivity index (χ1n) is 9.21. The monoisotopic (exact) mass is 403 g/mol. The molecule has 8 heteroatoms. The Morgan fingerprint density at radius 2 is 1.77 bits per heavy atom. The minimum atomic E-state index is -0.683. The van der Waals surface area contributed by atoms with Gasteiger partial charge in [-0.2, -0.15) is 5.10 Å². The highest BCUT2D eigenvalue weighted by Crippen LogP contribution is 2.37. The van der Waals surface area contributed by atoms with Crippen molar-refractivity contribution in [3.8, 4) is 5.69 Å². The van der Waals surface area contributed by atoms with Gasteiger partial charge in [-0.15, -0.1) is 0 Å². The van der Waals surface area contributed by atoms with Crippen LogP contribution in [0.25, 0.3) is 5.69 Å². The summed E-state index contributed by atoms with van der Waals surface area (Å²) in [5.74, 6) is -1.18. The molecular formula is C22H15F2N5O. The molecule has 0 radical (unpaired) electrons. The maximum atomic E-state index is 14.9. The Hall–Kier alpha value is -4.07. The molecule has 4 aromatic rings. The number of hydrogen-bond acceptors (Lipinski definition) is 4. The highest BCUT2D eigenvalue weighted by molar-refractivity contribution is 6.12. The van der Waals surface area contributed by atoms with Crippen molar-refractivity contribution < 1.29 is 13.6 Å². The lowest BCUT2D eigenvalue weighted by Gasteiger charge is -2.38. The number of benzene rings is 3. The van der Waals surface area contributed by atoms with Crippen LogP contribution in [0.15, 0.2) is 79.4 Å². The summed E-state index contributed by atoms with van der Waals surface area (Å²) in [6.07, 6.45) is 2.04. The van der Waals surface area contributed by atoms with Crippen LogP contribution in [0.3, 0.4) is 0 Å². The highest BCUT2D eigenvalue weighted by Gasteiger charge is 2.34. The molecule has 0 bridgehead atoms. The smallest absolute Gasteiger partial charge is 0.262 e. The number of amides is 1. The van der Waals surface area contributed by atoms with E-state index in [0.29, 0.717) is 22.5 Å². The third-order valence-electron chi connectivity index (χ3n) is 4.98. The van der Waals surface area contributed by atoms with Crippen molar-refractivity contribution in [2.75, 3.05) is 10.2 Å². The third kappa shape index (κ3) is 2.98. The second-order valence-corrected chi connectivity index (χ2v) is 6.79. The van der Waals surface area contributed by atoms with E-state index in [1.165, 1.54) is 52.6 Å². The summed E-state index contributed by atoms with van der Waals surface area (Å²) in [5.41, 5.74) is 2.40. The number of hydrogen-bond donors (Lipinski definition) is 1. The van der Waals surface area contributed by atoms with Crippen molar-refractivity contribution >= 4 is 17.3 Å². The number of halogens is 2. The number of nitrogens with zero attached hydrogens (tertiary/aromatic N) is 4. The first-order valence-corrected chi connectivity index (χ1v) is 9.21. The fraction of sp³-hybridized carbons (Fsp3) is 0.0455. The average molecular weight is 403 g/mol. The standard InChI is InChI=1S/C22H15F2N5O/c23-15-6-8-16(9-7-15)29-21(27-19-4-2-1-3-17(19)22(29)30)14-5-10-20(18(24)11-14)28-13-25-12-26-28/h1-13,21,27H/t21-/m1/s1. The quantitative estimate of drug-likeness (QED) is 0.554. The lowest BCUT2D eigenvalue weighted by atomic mass is 10.0. The fourth-order valence-electron chi connectivity index (χ4n) is 3.57. The van der Waals surface area contributed by atoms with Crippen molar-refractivity contribution in [2.45, 2.75) is 6.17 Å². The predicted octanol–water partition coefficient (Wildman–Crippen LogP) is 4.32. The zero-order valence-electron chi connectivity index (χ0n) is 15.5. The van der Waals surface area contributed by atoms with E-state index >= 15 is 0 Å². The molecule has 1 N–H and O–H groups in total. The molecule has 0 aliphatic carbocycles. The largest absolute Gasteiger partial charge is 0.360 e. The van der Waals surface area contributed by atoms with Crippen LogP contribution in [0.1, 0.15) is 22.1 Å². The van der Waals surface area contributed by atoms with Gasteiger partial charge in [0.2, 0.25) is 0 Å². The molecule has 0 spiro atoms. The minimum absolute atomic E-state index is 0.243. The van der Waals surface area contributed by atoms with E-state index in [-0.39, 0.29) is 11.6 Å². The normalized spacial score (nSPS) is 15.6. The van der Waals surface area contributed by atoms with Crippen molar-refractivity contribution in [2.24, 2.45) is 0 Å². The highest BCUT2D eigenvalue weighted by atomic mass is 19.1. The van der Waals surface area contributed by atoms with Gasteiger partial charge in [0.1, 0.15) is 36.1 Å². The van der Waals surface area contributed by atoms with E-state index in [2.05, 4.69) is 15.4 Å². The van der Waals surface area contributed by atoms with E-state index in [0.717, 1.165) is 0 Å². The number of carbonyl (C=O) groups excluding carboxylic acids is 1. The van der Waals surface area contributed by atoms with Gasteiger partial charge in [0.15, 0.2) is 0 Å². The molecule has 148 valence electrons. The van der Waals surface area contributed by atoms with Crippen LogP contribution in [-0.2, 0) is 0 Å². The van der Waals surface area contributed by atoms with Crippen LogP contribution < -0.4 is 10.2 Å². The Morgan fingerprint density at radius 3 is 2.50 bits per heavy atom. The van der Waals surface area contributed by atoms with Gasteiger partial charge in [0.05, 0.1) is 5.56 Å². The summed E-state index contributed by atoms with van der Waals surface area (Å²) in [5, 5.41) is 7.25. The summed E-state index contributed by atoms with van der Waals surface area (Å²) in [6.45, 7) is 0. The first kappa shape index (κ1) is 18.0. The third-order valence-corrected chi connectivity index (χ3v) is 4.98. The molecule has 3 aromatic carbocycles. The van der Waals surface area contributed by atoms with Crippen molar-refractivity contribution in [1.82, 2.24) is 14.8 Å². The zero-order chi connectivity index (χ0) is 20.7. The zero-order valence-corrected chi connectivity index (χ0v) is 15.5. The molecule has 30 heavy (non-hydrogen) atoms. The van der Waals surface area contributed by atoms with Crippen LogP contribution in [0.4, 0.5) is 20.2 Å². The Morgan fingerprint density at radius 1 is 0.967 bits per heavy atom. The van der Waals surface area contributed by atoms with Crippen LogP contribution >= 0.6 is 0 Å². The lowest BCUT2D eigenvalue weighted by Crippen LogP contribution is -2.43. The number of fused-ring (bicyclic) bond motifs is 1. The number of para-hydroxylation sites is 1. The number of aromatic nitrogens is 3. The molecule has 0 saturated carbocycles. The Kier molecular flexibility index (Phi) is 4.24. The van der Waals surface area contributed by atoms with Gasteiger partial charge < -0.3 is 5.32 Å². The molecule has 1 aromatic heterocycles. The molecule has 0 fully saturated rings. The average Bonchev–Trinajstić information content (AvgIpc) is 3.29. The van der Waals surface area contributed by atoms with E-state index in [9.17, 15) is 13.6 Å². The molecule has 5 rings (SSSR count). The predicted molar refractivity (Wildman–Crippen MR) is 107 cm³/mol. The number of anilines is 2. The van der Waals surface area contributed by atoms with E-state index in [1.54, 1.807) is 30.3 Å². The van der Waals surface area contributed by atoms with Crippen LogP contribution in [0.5, 0.6) is 0 Å².